The predicted octanol–water partition coefficient (Wildman–Crippen LogP) is 2.58. The van der Waals surface area contributed by atoms with Crippen LogP contribution in [0.1, 0.15) is 13.8 Å². The molecule has 0 radical (unpaired) electrons. The zero-order valence-electron chi connectivity index (χ0n) is 8.07. The molecule has 0 aromatic carbocycles. The highest BCUT2D eigenvalue weighted by molar-refractivity contribution is 5.12. The normalized spacial score (nSPS) is 37.8. The monoisotopic (exact) mass is 163 g/mol. The van der Waals surface area contributed by atoms with E-state index in [1.807, 2.05) is 0 Å². The van der Waals surface area contributed by atoms with Crippen LogP contribution in [0.25, 0.3) is 0 Å². The van der Waals surface area contributed by atoms with Gasteiger partial charge in [0.25, 0.3) is 0 Å². The Hall–Kier alpha value is -0.980. The molecule has 0 saturated carbocycles. The van der Waals surface area contributed by atoms with Gasteiger partial charge in [0.1, 0.15) is 0 Å². The van der Waals surface area contributed by atoms with Crippen molar-refractivity contribution >= 4 is 0 Å². The molecule has 1 aliphatic rings. The van der Waals surface area contributed by atoms with Gasteiger partial charge in [0, 0.05) is 13.1 Å². The standard InChI is InChI=1S/C11H17N/c1-10-6-4-5-7-11(2)12(3)9-8-10/h4-11H,1-3H3/b6-4-,7-5-,9-8-. The molecule has 0 aromatic rings. The summed E-state index contributed by atoms with van der Waals surface area (Å²) in [5.74, 6) is 0.530. The molecule has 66 valence electrons. The van der Waals surface area contributed by atoms with Gasteiger partial charge in [0.2, 0.25) is 0 Å². The molecule has 1 heterocycles. The Bertz CT molecular complexity index is 213. The van der Waals surface area contributed by atoms with E-state index in [1.54, 1.807) is 0 Å². The minimum Gasteiger partial charge on any atom is -0.375 e. The Balaban J connectivity index is 2.75. The summed E-state index contributed by atoms with van der Waals surface area (Å²) in [7, 11) is 2.10. The summed E-state index contributed by atoms with van der Waals surface area (Å²) in [6, 6.07) is 0.483. The molecular formula is C11H17N. The summed E-state index contributed by atoms with van der Waals surface area (Å²) in [4.78, 5) is 2.21. The van der Waals surface area contributed by atoms with Crippen LogP contribution in [0.5, 0.6) is 0 Å². The number of rotatable bonds is 0. The van der Waals surface area contributed by atoms with E-state index in [0.29, 0.717) is 12.0 Å². The van der Waals surface area contributed by atoms with Gasteiger partial charge >= 0.3 is 0 Å². The van der Waals surface area contributed by atoms with E-state index in [9.17, 15) is 0 Å². The fraction of sp³-hybridized carbons (Fsp3) is 0.455. The number of nitrogens with zero attached hydrogens (tertiary/aromatic N) is 1. The van der Waals surface area contributed by atoms with Crippen molar-refractivity contribution in [3.63, 3.8) is 0 Å². The zero-order valence-corrected chi connectivity index (χ0v) is 8.07. The van der Waals surface area contributed by atoms with Crippen molar-refractivity contribution in [2.75, 3.05) is 7.05 Å². The highest BCUT2D eigenvalue weighted by atomic mass is 15.1. The minimum atomic E-state index is 0.483. The maximum atomic E-state index is 2.21. The number of likely N-dealkylation sites (N-methyl/N-ethyl adjacent to an activating group) is 1. The number of allylic oxidation sites excluding steroid dienone is 4. The van der Waals surface area contributed by atoms with Crippen LogP contribution in [0.3, 0.4) is 0 Å². The van der Waals surface area contributed by atoms with E-state index in [-0.39, 0.29) is 0 Å². The third-order valence-electron chi connectivity index (χ3n) is 2.18. The molecule has 1 heteroatoms. The van der Waals surface area contributed by atoms with Gasteiger partial charge in [-0.1, -0.05) is 37.3 Å². The second-order valence-electron chi connectivity index (χ2n) is 3.38. The molecule has 0 spiro atoms. The van der Waals surface area contributed by atoms with E-state index in [4.69, 9.17) is 0 Å². The molecule has 0 saturated heterocycles. The summed E-state index contributed by atoms with van der Waals surface area (Å²) >= 11 is 0. The average molecular weight is 163 g/mol. The molecule has 2 unspecified atom stereocenters. The van der Waals surface area contributed by atoms with E-state index in [2.05, 4.69) is 62.4 Å². The summed E-state index contributed by atoms with van der Waals surface area (Å²) in [5.41, 5.74) is 0. The molecule has 0 aromatic heterocycles. The van der Waals surface area contributed by atoms with Crippen LogP contribution in [0.15, 0.2) is 36.6 Å². The quantitative estimate of drug-likeness (QED) is 0.530. The van der Waals surface area contributed by atoms with Crippen molar-refractivity contribution in [2.24, 2.45) is 5.92 Å². The van der Waals surface area contributed by atoms with Gasteiger partial charge in [0.15, 0.2) is 0 Å². The van der Waals surface area contributed by atoms with Gasteiger partial charge in [-0.05, 0) is 19.0 Å². The second kappa shape index (κ2) is 4.15. The van der Waals surface area contributed by atoms with Gasteiger partial charge in [-0.2, -0.15) is 0 Å². The van der Waals surface area contributed by atoms with Crippen LogP contribution in [-0.2, 0) is 0 Å². The first-order valence-corrected chi connectivity index (χ1v) is 4.45. The molecule has 0 bridgehead atoms. The smallest absolute Gasteiger partial charge is 0.0438 e. The second-order valence-corrected chi connectivity index (χ2v) is 3.38. The summed E-state index contributed by atoms with van der Waals surface area (Å²) < 4.78 is 0. The topological polar surface area (TPSA) is 3.24 Å². The summed E-state index contributed by atoms with van der Waals surface area (Å²) in [5, 5.41) is 0. The lowest BCUT2D eigenvalue weighted by molar-refractivity contribution is 0.406. The molecule has 0 amide bonds. The van der Waals surface area contributed by atoms with Crippen molar-refractivity contribution in [1.29, 1.82) is 0 Å². The Labute approximate surface area is 75.1 Å². The lowest BCUT2D eigenvalue weighted by atomic mass is 10.1. The predicted molar refractivity (Wildman–Crippen MR) is 53.8 cm³/mol. The van der Waals surface area contributed by atoms with Gasteiger partial charge < -0.3 is 4.90 Å². The Morgan fingerprint density at radius 3 is 2.42 bits per heavy atom. The zero-order chi connectivity index (χ0) is 8.97. The highest BCUT2D eigenvalue weighted by Gasteiger charge is 2.00. The first-order chi connectivity index (χ1) is 5.70. The molecule has 12 heavy (non-hydrogen) atoms. The van der Waals surface area contributed by atoms with Crippen LogP contribution in [0, 0.1) is 5.92 Å². The van der Waals surface area contributed by atoms with Crippen LogP contribution in [-0.4, -0.2) is 18.0 Å². The van der Waals surface area contributed by atoms with E-state index < -0.39 is 0 Å². The van der Waals surface area contributed by atoms with Gasteiger partial charge in [-0.15, -0.1) is 0 Å². The molecule has 2 atom stereocenters. The maximum absolute atomic E-state index is 2.21. The fourth-order valence-electron chi connectivity index (χ4n) is 1.07. The van der Waals surface area contributed by atoms with Crippen molar-refractivity contribution in [3.05, 3.63) is 36.6 Å². The Morgan fingerprint density at radius 2 is 1.67 bits per heavy atom. The average Bonchev–Trinajstić information content (AvgIpc) is 2.11. The molecule has 1 rings (SSSR count). The third-order valence-corrected chi connectivity index (χ3v) is 2.18. The van der Waals surface area contributed by atoms with Crippen molar-refractivity contribution in [1.82, 2.24) is 4.90 Å². The van der Waals surface area contributed by atoms with Crippen molar-refractivity contribution in [3.8, 4) is 0 Å². The van der Waals surface area contributed by atoms with Crippen LogP contribution in [0.4, 0.5) is 0 Å². The number of hydrogen-bond donors (Lipinski definition) is 0. The lowest BCUT2D eigenvalue weighted by Crippen LogP contribution is -2.21. The Morgan fingerprint density at radius 1 is 1.00 bits per heavy atom. The SMILES string of the molecule is CC1/C=C\C=C/C(C)N(C)/C=C\1. The molecule has 0 N–H and O–H groups in total. The maximum Gasteiger partial charge on any atom is 0.0438 e. The minimum absolute atomic E-state index is 0.483. The van der Waals surface area contributed by atoms with Crippen LogP contribution < -0.4 is 0 Å². The molecule has 0 fully saturated rings. The highest BCUT2D eigenvalue weighted by Crippen LogP contribution is 2.06. The molecular weight excluding hydrogens is 146 g/mol. The van der Waals surface area contributed by atoms with Gasteiger partial charge in [-0.25, -0.2) is 0 Å². The van der Waals surface area contributed by atoms with Crippen LogP contribution in [0.2, 0.25) is 0 Å². The van der Waals surface area contributed by atoms with Crippen LogP contribution >= 0.6 is 0 Å². The van der Waals surface area contributed by atoms with Crippen molar-refractivity contribution < 1.29 is 0 Å². The summed E-state index contributed by atoms with van der Waals surface area (Å²) in [6.45, 7) is 4.37. The Kier molecular flexibility index (Phi) is 3.15. The fourth-order valence-corrected chi connectivity index (χ4v) is 1.07. The molecule has 1 aliphatic heterocycles. The largest absolute Gasteiger partial charge is 0.375 e. The summed E-state index contributed by atoms with van der Waals surface area (Å²) in [6.07, 6.45) is 13.0. The first kappa shape index (κ1) is 9.11. The van der Waals surface area contributed by atoms with Gasteiger partial charge in [-0.3, -0.25) is 0 Å². The third kappa shape index (κ3) is 2.57. The van der Waals surface area contributed by atoms with Gasteiger partial charge in [0.05, 0.1) is 0 Å². The van der Waals surface area contributed by atoms with Crippen molar-refractivity contribution in [2.45, 2.75) is 19.9 Å². The molecule has 1 nitrogen and oxygen atoms in total. The first-order valence-electron chi connectivity index (χ1n) is 4.45. The lowest BCUT2D eigenvalue weighted by Gasteiger charge is -2.19. The number of hydrogen-bond acceptors (Lipinski definition) is 1. The molecule has 0 aliphatic carbocycles. The van der Waals surface area contributed by atoms with E-state index >= 15 is 0 Å². The van der Waals surface area contributed by atoms with E-state index in [0.717, 1.165) is 0 Å². The van der Waals surface area contributed by atoms with E-state index in [1.165, 1.54) is 0 Å².